The van der Waals surface area contributed by atoms with Crippen molar-refractivity contribution < 1.29 is 74.0 Å². The SMILES string of the molecule is CCCCCCCCCCCCCCCCCCN1C(C(C(=O)Nc2cc(C)ccc2OCCC)n2cnc(C(=O)OC)c2C(=O)OC)=Nc2ccccc2S1(=O)=O.CCCCCCCCCCCCCCCCCCN1C(C(C(=O)Nc2cc(C)ccc2OCCCOc2ccc(OC)cc2)n2cc(C(=O)OC)cn2)=Nc2ccccc2S1(=O)=O. The monoisotopic (exact) mass is 1710 g/mol. The molecule has 660 valence electrons. The lowest BCUT2D eigenvalue weighted by Gasteiger charge is -2.34. The molecule has 2 aromatic heterocycles. The fraction of sp³-hybridized carbons (Fsp3) is 0.538. The number of para-hydroxylation sites is 2. The molecular formula is C93H130N10O16S2. The van der Waals surface area contributed by atoms with Crippen LogP contribution in [0.15, 0.2) is 148 Å². The highest BCUT2D eigenvalue weighted by Crippen LogP contribution is 2.40. The number of aromatic nitrogens is 4. The lowest BCUT2D eigenvalue weighted by molar-refractivity contribution is -0.118. The number of unbranched alkanes of at least 4 members (excludes halogenated alkanes) is 30. The molecule has 121 heavy (non-hydrogen) atoms. The molecule has 2 aliphatic heterocycles. The Balaban J connectivity index is 0.000000302. The van der Waals surface area contributed by atoms with Gasteiger partial charge in [-0.3, -0.25) is 22.9 Å². The fourth-order valence-corrected chi connectivity index (χ4v) is 18.1. The van der Waals surface area contributed by atoms with Gasteiger partial charge in [-0.2, -0.15) is 5.10 Å². The molecule has 0 radical (unpaired) electrons. The molecule has 2 atom stereocenters. The van der Waals surface area contributed by atoms with Crippen LogP contribution in [0.25, 0.3) is 0 Å². The van der Waals surface area contributed by atoms with Crippen molar-refractivity contribution in [3.05, 3.63) is 156 Å². The van der Waals surface area contributed by atoms with Gasteiger partial charge in [-0.15, -0.1) is 0 Å². The first kappa shape index (κ1) is 96.4. The summed E-state index contributed by atoms with van der Waals surface area (Å²) in [6.45, 7) is 11.4. The van der Waals surface area contributed by atoms with Gasteiger partial charge in [0.2, 0.25) is 0 Å². The van der Waals surface area contributed by atoms with Crippen molar-refractivity contribution in [2.24, 2.45) is 9.98 Å². The fourth-order valence-electron chi connectivity index (χ4n) is 14.8. The van der Waals surface area contributed by atoms with Crippen LogP contribution in [-0.4, -0.2) is 148 Å². The highest BCUT2D eigenvalue weighted by molar-refractivity contribution is 7.90. The minimum Gasteiger partial charge on any atom is -0.497 e. The van der Waals surface area contributed by atoms with Crippen LogP contribution < -0.4 is 29.6 Å². The zero-order valence-electron chi connectivity index (χ0n) is 72.8. The Bertz CT molecular complexity index is 4700. The van der Waals surface area contributed by atoms with Gasteiger partial charge in [-0.1, -0.05) is 250 Å². The molecule has 2 N–H and O–H groups in total. The number of anilines is 2. The Kier molecular flexibility index (Phi) is 41.1. The van der Waals surface area contributed by atoms with Crippen molar-refractivity contribution in [1.29, 1.82) is 0 Å². The number of amides is 2. The van der Waals surface area contributed by atoms with E-state index in [-0.39, 0.29) is 51.5 Å². The molecule has 2 aliphatic rings. The summed E-state index contributed by atoms with van der Waals surface area (Å²) in [5.74, 6) is -1.89. The van der Waals surface area contributed by atoms with E-state index in [1.165, 1.54) is 182 Å². The number of carbonyl (C=O) groups is 5. The molecule has 9 rings (SSSR count). The number of benzene rings is 5. The van der Waals surface area contributed by atoms with E-state index in [1.807, 2.05) is 57.2 Å². The number of sulfonamides is 2. The van der Waals surface area contributed by atoms with Gasteiger partial charge in [0.1, 0.15) is 32.8 Å². The Labute approximate surface area is 717 Å². The first-order valence-corrected chi connectivity index (χ1v) is 46.7. The number of hydrogen-bond acceptors (Lipinski definition) is 20. The van der Waals surface area contributed by atoms with Crippen molar-refractivity contribution in [3.8, 4) is 23.0 Å². The maximum Gasteiger partial charge on any atom is 0.359 e. The first-order valence-electron chi connectivity index (χ1n) is 43.9. The molecule has 0 spiro atoms. The van der Waals surface area contributed by atoms with Crippen LogP contribution in [0, 0.1) is 13.8 Å². The molecule has 4 heterocycles. The van der Waals surface area contributed by atoms with Crippen molar-refractivity contribution in [1.82, 2.24) is 27.9 Å². The van der Waals surface area contributed by atoms with Crippen LogP contribution in [0.1, 0.15) is 294 Å². The Morgan fingerprint density at radius 1 is 0.421 bits per heavy atom. The average molecular weight is 1710 g/mol. The molecule has 0 aliphatic carbocycles. The normalized spacial score (nSPS) is 13.6. The molecule has 0 saturated heterocycles. The molecule has 0 bridgehead atoms. The Morgan fingerprint density at radius 2 is 0.818 bits per heavy atom. The lowest BCUT2D eigenvalue weighted by atomic mass is 10.0. The maximum atomic E-state index is 14.8. The minimum absolute atomic E-state index is 0.00240. The van der Waals surface area contributed by atoms with Gasteiger partial charge in [0.15, 0.2) is 35.1 Å². The second-order valence-electron chi connectivity index (χ2n) is 31.0. The molecule has 0 fully saturated rings. The number of carbonyl (C=O) groups excluding carboxylic acids is 5. The zero-order chi connectivity index (χ0) is 86.8. The zero-order valence-corrected chi connectivity index (χ0v) is 74.4. The van der Waals surface area contributed by atoms with Gasteiger partial charge in [0.25, 0.3) is 31.9 Å². The van der Waals surface area contributed by atoms with Crippen molar-refractivity contribution in [2.75, 3.05) is 72.0 Å². The van der Waals surface area contributed by atoms with Gasteiger partial charge >= 0.3 is 17.9 Å². The summed E-state index contributed by atoms with van der Waals surface area (Å²) in [5.41, 5.74) is 2.04. The molecule has 5 aromatic carbocycles. The smallest absolute Gasteiger partial charge is 0.359 e. The van der Waals surface area contributed by atoms with E-state index >= 15 is 0 Å². The highest BCUT2D eigenvalue weighted by Gasteiger charge is 2.45. The largest absolute Gasteiger partial charge is 0.497 e. The quantitative estimate of drug-likeness (QED) is 0.0203. The van der Waals surface area contributed by atoms with E-state index in [1.54, 1.807) is 67.8 Å². The predicted molar refractivity (Wildman–Crippen MR) is 475 cm³/mol. The van der Waals surface area contributed by atoms with Crippen LogP contribution in [0.4, 0.5) is 22.7 Å². The molecular weight excluding hydrogens is 1580 g/mol. The minimum atomic E-state index is -4.24. The third kappa shape index (κ3) is 29.0. The molecule has 7 aromatic rings. The highest BCUT2D eigenvalue weighted by atomic mass is 32.2. The predicted octanol–water partition coefficient (Wildman–Crippen LogP) is 20.7. The summed E-state index contributed by atoms with van der Waals surface area (Å²) in [4.78, 5) is 82.1. The number of fused-ring (bicyclic) bond motifs is 2. The van der Waals surface area contributed by atoms with E-state index in [0.717, 1.165) is 104 Å². The number of aliphatic imine (C=N–C) groups is 2. The number of aryl methyl sites for hydroxylation is 2. The second kappa shape index (κ2) is 51.6. The number of imidazole rings is 1. The summed E-state index contributed by atoms with van der Waals surface area (Å²) in [5, 5.41) is 10.3. The van der Waals surface area contributed by atoms with E-state index in [2.05, 4.69) is 34.6 Å². The van der Waals surface area contributed by atoms with Gasteiger partial charge in [0, 0.05) is 25.7 Å². The van der Waals surface area contributed by atoms with Crippen LogP contribution >= 0.6 is 0 Å². The summed E-state index contributed by atoms with van der Waals surface area (Å²) < 4.78 is 101. The van der Waals surface area contributed by atoms with E-state index < -0.39 is 73.2 Å². The first-order chi connectivity index (χ1) is 58.7. The van der Waals surface area contributed by atoms with Crippen LogP contribution in [0.3, 0.4) is 0 Å². The van der Waals surface area contributed by atoms with Crippen molar-refractivity contribution >= 4 is 84.2 Å². The molecule has 26 nitrogen and oxygen atoms in total. The standard InChI is InChI=1S/C49H67N5O8S.C44H63N5O8S/c1-5-6-7-8-9-10-11-12-13-14-15-16-17-18-19-22-32-54-47(51-42-24-20-21-25-45(42)63(54,57)58)46(53-37-39(36-50-53)49(56)60-4)48(55)52-43-35-38(2)26-31-44(43)62-34-23-33-61-41-29-27-40(59-3)28-30-41;1-6-8-9-10-11-12-13-14-15-16-17-18-19-20-21-24-29-49-41(46-34-25-22-23-26-37(34)58(49,53)54)40(48-32-45-38(43(51)55-4)39(48)44(52)56-5)42(50)47-35-31-33(3)27-28-36(35)57-30-7-2/h20-21,24-31,35-37,46H,5-19,22-23,32-34H2,1-4H3,(H,52,55);22-23,25-28,31-32,40H,6-21,24,29-30H2,1-5H3,(H,47,50). The number of nitrogens with one attached hydrogen (secondary N) is 2. The van der Waals surface area contributed by atoms with Gasteiger partial charge in [0.05, 0.1) is 89.1 Å². The maximum absolute atomic E-state index is 14.8. The number of methoxy groups -OCH3 is 4. The molecule has 2 unspecified atom stereocenters. The second-order valence-corrected chi connectivity index (χ2v) is 34.7. The van der Waals surface area contributed by atoms with Gasteiger partial charge < -0.3 is 48.4 Å². The third-order valence-corrected chi connectivity index (χ3v) is 25.2. The number of nitrogens with zero attached hydrogens (tertiary/aromatic N) is 8. The van der Waals surface area contributed by atoms with Crippen molar-refractivity contribution in [3.63, 3.8) is 0 Å². The summed E-state index contributed by atoms with van der Waals surface area (Å²) in [6.07, 6.45) is 42.9. The number of ether oxygens (including phenoxy) is 7. The molecule has 0 saturated carbocycles. The number of rotatable bonds is 55. The van der Waals surface area contributed by atoms with E-state index in [4.69, 9.17) is 43.1 Å². The lowest BCUT2D eigenvalue weighted by Crippen LogP contribution is -2.48. The Hall–Kier alpha value is -10.1. The van der Waals surface area contributed by atoms with Gasteiger partial charge in [-0.25, -0.2) is 46.2 Å². The summed E-state index contributed by atoms with van der Waals surface area (Å²) >= 11 is 0. The third-order valence-electron chi connectivity index (χ3n) is 21.5. The van der Waals surface area contributed by atoms with Gasteiger partial charge in [-0.05, 0) is 117 Å². The van der Waals surface area contributed by atoms with E-state index in [0.29, 0.717) is 67.7 Å². The number of amidine groups is 2. The average Bonchev–Trinajstić information content (AvgIpc) is 1.66. The molecule has 2 amide bonds. The van der Waals surface area contributed by atoms with Crippen LogP contribution in [-0.2, 0) is 43.8 Å². The summed E-state index contributed by atoms with van der Waals surface area (Å²) in [7, 11) is -3.25. The molecule has 28 heteroatoms. The van der Waals surface area contributed by atoms with Crippen molar-refractivity contribution in [2.45, 2.75) is 275 Å². The van der Waals surface area contributed by atoms with Crippen LogP contribution in [0.2, 0.25) is 0 Å². The Morgan fingerprint density at radius 3 is 1.25 bits per heavy atom. The number of esters is 3. The number of hydrogen-bond donors (Lipinski definition) is 2. The topological polar surface area (TPSA) is 309 Å². The summed E-state index contributed by atoms with van der Waals surface area (Å²) in [6, 6.07) is 27.9. The van der Waals surface area contributed by atoms with E-state index in [9.17, 15) is 40.8 Å². The van der Waals surface area contributed by atoms with Crippen LogP contribution in [0.5, 0.6) is 23.0 Å².